The molecule has 1 fully saturated rings. The smallest absolute Gasteiger partial charge is 0.167 e. The summed E-state index contributed by atoms with van der Waals surface area (Å²) in [5.74, 6) is 0. The molecule has 1 aromatic rings. The summed E-state index contributed by atoms with van der Waals surface area (Å²) in [5.41, 5.74) is 2.97. The van der Waals surface area contributed by atoms with Gasteiger partial charge in [0.2, 0.25) is 0 Å². The van der Waals surface area contributed by atoms with Crippen molar-refractivity contribution in [3.05, 3.63) is 17.0 Å². The summed E-state index contributed by atoms with van der Waals surface area (Å²) in [6, 6.07) is 2.74. The van der Waals surface area contributed by atoms with Gasteiger partial charge in [-0.1, -0.05) is 0 Å². The van der Waals surface area contributed by atoms with Gasteiger partial charge in [-0.25, -0.2) is 0 Å². The van der Waals surface area contributed by atoms with Gasteiger partial charge < -0.3 is 5.32 Å². The van der Waals surface area contributed by atoms with Crippen LogP contribution in [0.15, 0.2) is 0 Å². The minimum Gasteiger partial charge on any atom is -0.307 e. The van der Waals surface area contributed by atoms with E-state index in [1.165, 1.54) is 18.5 Å². The number of nitrogens with zero attached hydrogens (tertiary/aromatic N) is 3. The minimum absolute atomic E-state index is 0.579. The molecule has 0 atom stereocenters. The molecule has 1 aliphatic carbocycles. The molecule has 0 bridgehead atoms. The van der Waals surface area contributed by atoms with Crippen LogP contribution in [-0.2, 0) is 13.1 Å². The van der Waals surface area contributed by atoms with Gasteiger partial charge in [0.25, 0.3) is 0 Å². The van der Waals surface area contributed by atoms with E-state index >= 15 is 0 Å². The molecule has 0 spiro atoms. The Labute approximate surface area is 76.2 Å². The van der Waals surface area contributed by atoms with E-state index in [4.69, 9.17) is 5.26 Å². The minimum atomic E-state index is 0.579. The van der Waals surface area contributed by atoms with Gasteiger partial charge in [0, 0.05) is 18.7 Å². The van der Waals surface area contributed by atoms with E-state index in [0.29, 0.717) is 11.7 Å². The molecule has 1 aliphatic heterocycles. The SMILES string of the molecule is N#Cc1nn(C2CC2)c2c1CNC2. The average molecular weight is 174 g/mol. The lowest BCUT2D eigenvalue weighted by Crippen LogP contribution is -2.08. The van der Waals surface area contributed by atoms with Crippen LogP contribution in [0.25, 0.3) is 0 Å². The third kappa shape index (κ3) is 0.909. The molecule has 0 aromatic carbocycles. The van der Waals surface area contributed by atoms with E-state index in [2.05, 4.69) is 16.5 Å². The van der Waals surface area contributed by atoms with Crippen molar-refractivity contribution in [2.45, 2.75) is 32.0 Å². The molecule has 4 heteroatoms. The number of nitriles is 1. The van der Waals surface area contributed by atoms with Crippen LogP contribution in [-0.4, -0.2) is 9.78 Å². The standard InChI is InChI=1S/C9H10N4/c10-3-8-7-4-11-5-9(7)13(12-8)6-1-2-6/h6,11H,1-2,4-5H2. The topological polar surface area (TPSA) is 53.6 Å². The van der Waals surface area contributed by atoms with Gasteiger partial charge in [-0.15, -0.1) is 0 Å². The highest BCUT2D eigenvalue weighted by Crippen LogP contribution is 2.37. The second-order valence-electron chi connectivity index (χ2n) is 3.66. The molecule has 2 aliphatic rings. The van der Waals surface area contributed by atoms with Gasteiger partial charge in [-0.3, -0.25) is 4.68 Å². The van der Waals surface area contributed by atoms with Crippen LogP contribution in [0.1, 0.15) is 35.8 Å². The Morgan fingerprint density at radius 3 is 3.00 bits per heavy atom. The van der Waals surface area contributed by atoms with Crippen molar-refractivity contribution in [1.82, 2.24) is 15.1 Å². The first-order valence-corrected chi connectivity index (χ1v) is 4.61. The third-order valence-corrected chi connectivity index (χ3v) is 2.71. The number of rotatable bonds is 1. The van der Waals surface area contributed by atoms with Crippen LogP contribution in [0.2, 0.25) is 0 Å². The van der Waals surface area contributed by atoms with Crippen molar-refractivity contribution in [2.24, 2.45) is 0 Å². The van der Waals surface area contributed by atoms with E-state index in [0.717, 1.165) is 18.7 Å². The number of fused-ring (bicyclic) bond motifs is 1. The number of aromatic nitrogens is 2. The molecule has 1 N–H and O–H groups in total. The molecule has 0 amide bonds. The molecular weight excluding hydrogens is 164 g/mol. The first-order valence-electron chi connectivity index (χ1n) is 4.61. The van der Waals surface area contributed by atoms with Crippen molar-refractivity contribution < 1.29 is 0 Å². The van der Waals surface area contributed by atoms with E-state index in [9.17, 15) is 0 Å². The fraction of sp³-hybridized carbons (Fsp3) is 0.556. The van der Waals surface area contributed by atoms with Crippen molar-refractivity contribution in [2.75, 3.05) is 0 Å². The predicted octanol–water partition coefficient (Wildman–Crippen LogP) is 0.693. The van der Waals surface area contributed by atoms with E-state index in [1.807, 2.05) is 4.68 Å². The highest BCUT2D eigenvalue weighted by atomic mass is 15.3. The van der Waals surface area contributed by atoms with Crippen LogP contribution >= 0.6 is 0 Å². The second kappa shape index (κ2) is 2.33. The molecule has 0 unspecified atom stereocenters. The molecule has 3 rings (SSSR count). The Bertz CT molecular complexity index is 394. The Morgan fingerprint density at radius 2 is 2.31 bits per heavy atom. The Hall–Kier alpha value is -1.34. The van der Waals surface area contributed by atoms with Crippen LogP contribution in [0.5, 0.6) is 0 Å². The third-order valence-electron chi connectivity index (χ3n) is 2.71. The van der Waals surface area contributed by atoms with Gasteiger partial charge in [0.15, 0.2) is 5.69 Å². The van der Waals surface area contributed by atoms with E-state index in [-0.39, 0.29) is 0 Å². The van der Waals surface area contributed by atoms with Crippen molar-refractivity contribution >= 4 is 0 Å². The summed E-state index contributed by atoms with van der Waals surface area (Å²) in [7, 11) is 0. The zero-order valence-electron chi connectivity index (χ0n) is 7.25. The molecule has 0 radical (unpaired) electrons. The lowest BCUT2D eigenvalue weighted by molar-refractivity contribution is 0.590. The summed E-state index contributed by atoms with van der Waals surface area (Å²) in [6.07, 6.45) is 2.44. The van der Waals surface area contributed by atoms with Crippen LogP contribution in [0.4, 0.5) is 0 Å². The molecule has 1 saturated carbocycles. The predicted molar refractivity (Wildman–Crippen MR) is 45.8 cm³/mol. The molecule has 0 saturated heterocycles. The highest BCUT2D eigenvalue weighted by molar-refractivity contribution is 5.37. The lowest BCUT2D eigenvalue weighted by Gasteiger charge is -2.00. The van der Waals surface area contributed by atoms with E-state index < -0.39 is 0 Å². The van der Waals surface area contributed by atoms with E-state index in [1.54, 1.807) is 0 Å². The van der Waals surface area contributed by atoms with Gasteiger partial charge >= 0.3 is 0 Å². The largest absolute Gasteiger partial charge is 0.307 e. The molecule has 2 heterocycles. The molecule has 1 aromatic heterocycles. The Morgan fingerprint density at radius 1 is 1.46 bits per heavy atom. The first-order chi connectivity index (χ1) is 6.40. The van der Waals surface area contributed by atoms with Gasteiger partial charge in [-0.05, 0) is 12.8 Å². The van der Waals surface area contributed by atoms with Crippen LogP contribution in [0, 0.1) is 11.3 Å². The summed E-state index contributed by atoms with van der Waals surface area (Å²) >= 11 is 0. The molecule has 13 heavy (non-hydrogen) atoms. The summed E-state index contributed by atoms with van der Waals surface area (Å²) < 4.78 is 2.05. The van der Waals surface area contributed by atoms with Crippen molar-refractivity contribution in [1.29, 1.82) is 5.26 Å². The van der Waals surface area contributed by atoms with Gasteiger partial charge in [0.05, 0.1) is 11.7 Å². The summed E-state index contributed by atoms with van der Waals surface area (Å²) in [5, 5.41) is 16.4. The number of hydrogen-bond acceptors (Lipinski definition) is 3. The fourth-order valence-electron chi connectivity index (χ4n) is 1.89. The maximum absolute atomic E-state index is 8.86. The van der Waals surface area contributed by atoms with Gasteiger partial charge in [-0.2, -0.15) is 10.4 Å². The Balaban J connectivity index is 2.16. The lowest BCUT2D eigenvalue weighted by atomic mass is 10.2. The summed E-state index contributed by atoms with van der Waals surface area (Å²) in [6.45, 7) is 1.69. The number of nitrogens with one attached hydrogen (secondary N) is 1. The van der Waals surface area contributed by atoms with Gasteiger partial charge in [0.1, 0.15) is 6.07 Å². The zero-order chi connectivity index (χ0) is 8.84. The maximum Gasteiger partial charge on any atom is 0.167 e. The Kier molecular flexibility index (Phi) is 1.27. The second-order valence-corrected chi connectivity index (χ2v) is 3.66. The normalized spacial score (nSPS) is 19.9. The highest BCUT2D eigenvalue weighted by Gasteiger charge is 2.31. The maximum atomic E-state index is 8.86. The van der Waals surface area contributed by atoms with Crippen molar-refractivity contribution in [3.8, 4) is 6.07 Å². The van der Waals surface area contributed by atoms with Crippen LogP contribution < -0.4 is 5.32 Å². The molecular formula is C9H10N4. The summed E-state index contributed by atoms with van der Waals surface area (Å²) in [4.78, 5) is 0. The molecule has 66 valence electrons. The van der Waals surface area contributed by atoms with Crippen molar-refractivity contribution in [3.63, 3.8) is 0 Å². The number of hydrogen-bond donors (Lipinski definition) is 1. The van der Waals surface area contributed by atoms with Crippen LogP contribution in [0.3, 0.4) is 0 Å². The zero-order valence-corrected chi connectivity index (χ0v) is 7.25. The average Bonchev–Trinajstić information content (AvgIpc) is 2.77. The fourth-order valence-corrected chi connectivity index (χ4v) is 1.89. The first kappa shape index (κ1) is 7.10. The monoisotopic (exact) mass is 174 g/mol. The molecule has 4 nitrogen and oxygen atoms in total. The quantitative estimate of drug-likeness (QED) is 0.681.